The molecular formula is C23H23FN2O5. The second-order valence-electron chi connectivity index (χ2n) is 6.77. The van der Waals surface area contributed by atoms with Gasteiger partial charge >= 0.3 is 5.97 Å². The van der Waals surface area contributed by atoms with E-state index in [1.807, 2.05) is 30.3 Å². The molecule has 0 saturated carbocycles. The van der Waals surface area contributed by atoms with Crippen molar-refractivity contribution < 1.29 is 28.2 Å². The summed E-state index contributed by atoms with van der Waals surface area (Å²) in [6.45, 7) is 0.384. The molecule has 1 aliphatic heterocycles. The number of benzene rings is 2. The van der Waals surface area contributed by atoms with Crippen LogP contribution in [0.5, 0.6) is 0 Å². The number of halogens is 1. The minimum absolute atomic E-state index is 0.0122. The molecule has 1 N–H and O–H groups in total. The van der Waals surface area contributed by atoms with Crippen LogP contribution in [0, 0.1) is 5.82 Å². The third-order valence-corrected chi connectivity index (χ3v) is 4.74. The average Bonchev–Trinajstić information content (AvgIpc) is 2.81. The molecule has 7 nitrogen and oxygen atoms in total. The predicted octanol–water partition coefficient (Wildman–Crippen LogP) is 2.55. The standard InChI is InChI=1S/C23H23FN2O5/c1-29-21-19(23(28)30-2)25-13-18(20(21)31-14-16-6-4-3-5-7-16)22(27)26-12-15-8-10-17(24)11-9-15/h3-11,13,20-21H,12,14H2,1-2H3,(H,26,27). The van der Waals surface area contributed by atoms with Gasteiger partial charge in [0.2, 0.25) is 0 Å². The number of methoxy groups -OCH3 is 2. The van der Waals surface area contributed by atoms with Gasteiger partial charge in [0.15, 0.2) is 5.71 Å². The Morgan fingerprint density at radius 2 is 1.71 bits per heavy atom. The van der Waals surface area contributed by atoms with Crippen molar-refractivity contribution in [1.82, 2.24) is 5.32 Å². The fraction of sp³-hybridized carbons (Fsp3) is 0.261. The van der Waals surface area contributed by atoms with Crippen LogP contribution in [0.15, 0.2) is 71.4 Å². The van der Waals surface area contributed by atoms with Gasteiger partial charge in [-0.3, -0.25) is 9.79 Å². The van der Waals surface area contributed by atoms with Crippen molar-refractivity contribution in [1.29, 1.82) is 0 Å². The summed E-state index contributed by atoms with van der Waals surface area (Å²) in [5.74, 6) is -1.45. The molecule has 0 spiro atoms. The van der Waals surface area contributed by atoms with Gasteiger partial charge in [0.25, 0.3) is 5.91 Å². The maximum absolute atomic E-state index is 13.1. The lowest BCUT2D eigenvalue weighted by Gasteiger charge is -2.30. The van der Waals surface area contributed by atoms with Crippen molar-refractivity contribution in [3.63, 3.8) is 0 Å². The van der Waals surface area contributed by atoms with Gasteiger partial charge in [-0.2, -0.15) is 0 Å². The van der Waals surface area contributed by atoms with Crippen molar-refractivity contribution in [2.24, 2.45) is 4.99 Å². The van der Waals surface area contributed by atoms with Gasteiger partial charge in [-0.25, -0.2) is 9.18 Å². The number of carbonyl (C=O) groups excluding carboxylic acids is 2. The number of rotatable bonds is 8. The number of amides is 1. The summed E-state index contributed by atoms with van der Waals surface area (Å²) < 4.78 is 29.3. The van der Waals surface area contributed by atoms with Gasteiger partial charge in [0.05, 0.1) is 19.3 Å². The fourth-order valence-corrected chi connectivity index (χ4v) is 3.11. The summed E-state index contributed by atoms with van der Waals surface area (Å²) in [6, 6.07) is 15.2. The maximum atomic E-state index is 13.1. The van der Waals surface area contributed by atoms with Crippen LogP contribution in [-0.4, -0.2) is 44.0 Å². The second kappa shape index (κ2) is 10.6. The Morgan fingerprint density at radius 1 is 1.00 bits per heavy atom. The van der Waals surface area contributed by atoms with Crippen LogP contribution in [0.1, 0.15) is 11.1 Å². The van der Waals surface area contributed by atoms with Gasteiger partial charge in [0.1, 0.15) is 18.0 Å². The van der Waals surface area contributed by atoms with E-state index in [9.17, 15) is 14.0 Å². The summed E-state index contributed by atoms with van der Waals surface area (Å²) >= 11 is 0. The number of nitrogens with zero attached hydrogens (tertiary/aromatic N) is 1. The lowest BCUT2D eigenvalue weighted by Crippen LogP contribution is -2.47. The second-order valence-corrected chi connectivity index (χ2v) is 6.77. The molecule has 1 aliphatic rings. The van der Waals surface area contributed by atoms with Crippen molar-refractivity contribution >= 4 is 17.6 Å². The van der Waals surface area contributed by atoms with Crippen LogP contribution < -0.4 is 5.32 Å². The number of ether oxygens (including phenoxy) is 3. The molecule has 31 heavy (non-hydrogen) atoms. The molecule has 8 heteroatoms. The molecule has 2 atom stereocenters. The molecule has 0 saturated heterocycles. The van der Waals surface area contributed by atoms with Gasteiger partial charge in [0, 0.05) is 19.9 Å². The van der Waals surface area contributed by atoms with Gasteiger partial charge in [-0.05, 0) is 23.3 Å². The Bertz CT molecular complexity index is 973. The molecule has 0 aliphatic carbocycles. The summed E-state index contributed by atoms with van der Waals surface area (Å²) in [5.41, 5.74) is 1.84. The highest BCUT2D eigenvalue weighted by Gasteiger charge is 2.39. The van der Waals surface area contributed by atoms with Crippen LogP contribution in [0.4, 0.5) is 4.39 Å². The molecule has 2 unspecified atom stereocenters. The van der Waals surface area contributed by atoms with Crippen LogP contribution >= 0.6 is 0 Å². The molecule has 0 bridgehead atoms. The first-order chi connectivity index (χ1) is 15.0. The summed E-state index contributed by atoms with van der Waals surface area (Å²) in [6.07, 6.45) is -0.519. The third kappa shape index (κ3) is 5.62. The molecule has 2 aromatic rings. The predicted molar refractivity (Wildman–Crippen MR) is 112 cm³/mol. The average molecular weight is 426 g/mol. The van der Waals surface area contributed by atoms with E-state index >= 15 is 0 Å². The molecule has 2 aromatic carbocycles. The molecule has 1 amide bonds. The minimum atomic E-state index is -0.923. The largest absolute Gasteiger partial charge is 0.464 e. The van der Waals surface area contributed by atoms with Crippen LogP contribution in [0.2, 0.25) is 0 Å². The topological polar surface area (TPSA) is 86.2 Å². The Hall–Kier alpha value is -3.36. The van der Waals surface area contributed by atoms with Gasteiger partial charge in [-0.15, -0.1) is 0 Å². The first kappa shape index (κ1) is 22.3. The first-order valence-corrected chi connectivity index (χ1v) is 9.60. The fourth-order valence-electron chi connectivity index (χ4n) is 3.11. The SMILES string of the molecule is COC(=O)C1=NC=C(C(=O)NCc2ccc(F)cc2)C(OCc2ccccc2)C1OC. The van der Waals surface area contributed by atoms with Crippen LogP contribution in [-0.2, 0) is 37.0 Å². The van der Waals surface area contributed by atoms with E-state index in [0.29, 0.717) is 0 Å². The number of aliphatic imine (C=N–C) groups is 1. The number of carbonyl (C=O) groups is 2. The zero-order chi connectivity index (χ0) is 22.2. The van der Waals surface area contributed by atoms with E-state index in [2.05, 4.69) is 10.3 Å². The zero-order valence-corrected chi connectivity index (χ0v) is 17.2. The molecular weight excluding hydrogens is 403 g/mol. The number of hydrogen-bond donors (Lipinski definition) is 1. The Morgan fingerprint density at radius 3 is 2.35 bits per heavy atom. The zero-order valence-electron chi connectivity index (χ0n) is 17.2. The van der Waals surface area contributed by atoms with Crippen molar-refractivity contribution in [3.8, 4) is 0 Å². The lowest BCUT2D eigenvalue weighted by molar-refractivity contribution is -0.134. The van der Waals surface area contributed by atoms with Crippen LogP contribution in [0.3, 0.4) is 0 Å². The third-order valence-electron chi connectivity index (χ3n) is 4.74. The van der Waals surface area contributed by atoms with E-state index in [1.165, 1.54) is 32.6 Å². The monoisotopic (exact) mass is 426 g/mol. The highest BCUT2D eigenvalue weighted by molar-refractivity contribution is 6.39. The molecule has 0 aromatic heterocycles. The first-order valence-electron chi connectivity index (χ1n) is 9.60. The van der Waals surface area contributed by atoms with E-state index in [-0.39, 0.29) is 30.3 Å². The molecule has 0 radical (unpaired) electrons. The molecule has 162 valence electrons. The molecule has 1 heterocycles. The number of nitrogens with one attached hydrogen (secondary N) is 1. The highest BCUT2D eigenvalue weighted by atomic mass is 19.1. The van der Waals surface area contributed by atoms with Crippen molar-refractivity contribution in [2.45, 2.75) is 25.4 Å². The van der Waals surface area contributed by atoms with Gasteiger partial charge < -0.3 is 19.5 Å². The number of esters is 1. The number of hydrogen-bond acceptors (Lipinski definition) is 6. The Kier molecular flexibility index (Phi) is 7.64. The summed E-state index contributed by atoms with van der Waals surface area (Å²) in [4.78, 5) is 29.1. The lowest BCUT2D eigenvalue weighted by atomic mass is 9.97. The van der Waals surface area contributed by atoms with E-state index < -0.39 is 24.1 Å². The smallest absolute Gasteiger partial charge is 0.355 e. The summed E-state index contributed by atoms with van der Waals surface area (Å²) in [5, 5.41) is 2.77. The quantitative estimate of drug-likeness (QED) is 0.656. The van der Waals surface area contributed by atoms with E-state index in [1.54, 1.807) is 12.1 Å². The van der Waals surface area contributed by atoms with E-state index in [0.717, 1.165) is 11.1 Å². The van der Waals surface area contributed by atoms with Gasteiger partial charge in [-0.1, -0.05) is 42.5 Å². The normalized spacial score (nSPS) is 18.0. The van der Waals surface area contributed by atoms with Crippen LogP contribution in [0.25, 0.3) is 0 Å². The minimum Gasteiger partial charge on any atom is -0.464 e. The van der Waals surface area contributed by atoms with Crippen molar-refractivity contribution in [2.75, 3.05) is 14.2 Å². The summed E-state index contributed by atoms with van der Waals surface area (Å²) in [7, 11) is 2.65. The van der Waals surface area contributed by atoms with E-state index in [4.69, 9.17) is 14.2 Å². The highest BCUT2D eigenvalue weighted by Crippen LogP contribution is 2.23. The molecule has 3 rings (SSSR count). The Balaban J connectivity index is 1.80. The molecule has 0 fully saturated rings. The maximum Gasteiger partial charge on any atom is 0.355 e. The Labute approximate surface area is 179 Å². The van der Waals surface area contributed by atoms with Crippen molar-refractivity contribution in [3.05, 3.63) is 83.3 Å².